The summed E-state index contributed by atoms with van der Waals surface area (Å²) in [4.78, 5) is 27.2. The zero-order valence-corrected chi connectivity index (χ0v) is 19.6. The Hall–Kier alpha value is -2.47. The fraction of sp³-hybridized carbons (Fsp3) is 0.167. The Kier molecular flexibility index (Phi) is 6.02. The topological polar surface area (TPSA) is 42.3 Å². The number of thioether (sulfide) groups is 1. The third kappa shape index (κ3) is 4.05. The zero-order chi connectivity index (χ0) is 22.3. The minimum Gasteiger partial charge on any atom is -0.316 e. The van der Waals surface area contributed by atoms with E-state index < -0.39 is 0 Å². The van der Waals surface area contributed by atoms with Crippen LogP contribution in [0.25, 0.3) is 11.8 Å². The van der Waals surface area contributed by atoms with E-state index in [4.69, 9.17) is 23.2 Å². The number of halogens is 2. The number of hydrogen-bond donors (Lipinski definition) is 0. The molecule has 4 nitrogen and oxygen atoms in total. The summed E-state index contributed by atoms with van der Waals surface area (Å²) in [5.74, 6) is -0.274. The molecule has 0 radical (unpaired) electrons. The van der Waals surface area contributed by atoms with E-state index in [1.54, 1.807) is 12.1 Å². The molecule has 2 heterocycles. The molecule has 0 bridgehead atoms. The number of imide groups is 1. The number of amides is 2. The molecule has 2 aromatic carbocycles. The van der Waals surface area contributed by atoms with Gasteiger partial charge in [-0.2, -0.15) is 0 Å². The van der Waals surface area contributed by atoms with Gasteiger partial charge in [-0.25, -0.2) is 0 Å². The van der Waals surface area contributed by atoms with Crippen LogP contribution in [-0.2, 0) is 11.3 Å². The van der Waals surface area contributed by atoms with Gasteiger partial charge in [0.15, 0.2) is 0 Å². The molecular formula is C24H20Cl2N2O2S. The van der Waals surface area contributed by atoms with Gasteiger partial charge in [0.1, 0.15) is 0 Å². The maximum Gasteiger partial charge on any atom is 0.293 e. The molecule has 0 atom stereocenters. The van der Waals surface area contributed by atoms with Crippen LogP contribution in [-0.4, -0.2) is 20.6 Å². The highest BCUT2D eigenvalue weighted by atomic mass is 35.5. The summed E-state index contributed by atoms with van der Waals surface area (Å²) in [6.45, 7) is 6.16. The first-order chi connectivity index (χ1) is 14.8. The first-order valence-electron chi connectivity index (χ1n) is 9.71. The average molecular weight is 471 g/mol. The van der Waals surface area contributed by atoms with Gasteiger partial charge in [-0.1, -0.05) is 53.5 Å². The minimum atomic E-state index is -0.274. The van der Waals surface area contributed by atoms with Crippen molar-refractivity contribution in [1.29, 1.82) is 0 Å². The van der Waals surface area contributed by atoms with Crippen LogP contribution in [0, 0.1) is 20.8 Å². The molecule has 31 heavy (non-hydrogen) atoms. The Morgan fingerprint density at radius 1 is 1.00 bits per heavy atom. The molecule has 1 saturated heterocycles. The summed E-state index contributed by atoms with van der Waals surface area (Å²) in [5.41, 5.74) is 5.50. The minimum absolute atomic E-state index is 0.258. The van der Waals surface area contributed by atoms with E-state index in [2.05, 4.69) is 0 Å². The monoisotopic (exact) mass is 470 g/mol. The van der Waals surface area contributed by atoms with Crippen LogP contribution in [0.3, 0.4) is 0 Å². The lowest BCUT2D eigenvalue weighted by Gasteiger charge is -2.14. The maximum atomic E-state index is 13.0. The standard InChI is InChI=1S/C24H20Cl2N2O2S/c1-14-7-4-5-8-17(14)13-27-23(29)21(31-24(27)30)12-18-11-15(2)28(16(18)3)20-10-6-9-19(25)22(20)26/h4-12H,13H2,1-3H3/b21-12-. The Labute approximate surface area is 195 Å². The van der Waals surface area contributed by atoms with Gasteiger partial charge in [0.2, 0.25) is 0 Å². The molecule has 0 spiro atoms. The fourth-order valence-corrected chi connectivity index (χ4v) is 4.91. The van der Waals surface area contributed by atoms with Crippen molar-refractivity contribution in [2.24, 2.45) is 0 Å². The largest absolute Gasteiger partial charge is 0.316 e. The first-order valence-corrected chi connectivity index (χ1v) is 11.3. The van der Waals surface area contributed by atoms with E-state index in [0.717, 1.165) is 45.5 Å². The molecule has 0 unspecified atom stereocenters. The highest BCUT2D eigenvalue weighted by Gasteiger charge is 2.35. The van der Waals surface area contributed by atoms with E-state index in [1.807, 2.05) is 67.8 Å². The lowest BCUT2D eigenvalue weighted by atomic mass is 10.1. The molecule has 1 aliphatic rings. The summed E-state index contributed by atoms with van der Waals surface area (Å²) >= 11 is 13.6. The van der Waals surface area contributed by atoms with Gasteiger partial charge in [0, 0.05) is 11.4 Å². The highest BCUT2D eigenvalue weighted by molar-refractivity contribution is 8.18. The van der Waals surface area contributed by atoms with Crippen molar-refractivity contribution in [2.75, 3.05) is 0 Å². The predicted molar refractivity (Wildman–Crippen MR) is 128 cm³/mol. The van der Waals surface area contributed by atoms with E-state index in [9.17, 15) is 9.59 Å². The second-order valence-corrected chi connectivity index (χ2v) is 9.21. The summed E-state index contributed by atoms with van der Waals surface area (Å²) in [6.07, 6.45) is 1.78. The third-order valence-electron chi connectivity index (χ3n) is 5.39. The quantitative estimate of drug-likeness (QED) is 0.387. The Bertz CT molecular complexity index is 1250. The molecule has 1 aromatic heterocycles. The molecule has 158 valence electrons. The van der Waals surface area contributed by atoms with Gasteiger partial charge in [-0.05, 0) is 73.5 Å². The first kappa shape index (κ1) is 21.8. The molecule has 1 fully saturated rings. The number of aryl methyl sites for hydroxylation is 2. The summed E-state index contributed by atoms with van der Waals surface area (Å²) < 4.78 is 2.00. The van der Waals surface area contributed by atoms with Gasteiger partial charge in [0.05, 0.1) is 27.2 Å². The van der Waals surface area contributed by atoms with Crippen molar-refractivity contribution in [3.8, 4) is 5.69 Å². The Morgan fingerprint density at radius 2 is 1.74 bits per heavy atom. The van der Waals surface area contributed by atoms with Crippen molar-refractivity contribution in [2.45, 2.75) is 27.3 Å². The van der Waals surface area contributed by atoms with Crippen LogP contribution in [0.5, 0.6) is 0 Å². The number of carbonyl (C=O) groups is 2. The van der Waals surface area contributed by atoms with Crippen molar-refractivity contribution >= 4 is 52.2 Å². The molecule has 2 amide bonds. The number of hydrogen-bond acceptors (Lipinski definition) is 3. The molecule has 7 heteroatoms. The predicted octanol–water partition coefficient (Wildman–Crippen LogP) is 6.95. The van der Waals surface area contributed by atoms with Crippen LogP contribution < -0.4 is 0 Å². The van der Waals surface area contributed by atoms with Crippen LogP contribution >= 0.6 is 35.0 Å². The van der Waals surface area contributed by atoms with Gasteiger partial charge in [-0.3, -0.25) is 14.5 Å². The second kappa shape index (κ2) is 8.58. The SMILES string of the molecule is Cc1ccccc1CN1C(=O)S/C(=C\c2cc(C)n(-c3cccc(Cl)c3Cl)c2C)C1=O. The lowest BCUT2D eigenvalue weighted by Crippen LogP contribution is -2.27. The van der Waals surface area contributed by atoms with E-state index in [-0.39, 0.29) is 17.7 Å². The molecule has 0 N–H and O–H groups in total. The van der Waals surface area contributed by atoms with Crippen LogP contribution in [0.1, 0.15) is 28.1 Å². The van der Waals surface area contributed by atoms with E-state index in [1.165, 1.54) is 4.90 Å². The fourth-order valence-electron chi connectivity index (χ4n) is 3.70. The highest BCUT2D eigenvalue weighted by Crippen LogP contribution is 2.36. The van der Waals surface area contributed by atoms with Crippen molar-refractivity contribution < 1.29 is 9.59 Å². The number of nitrogens with zero attached hydrogens (tertiary/aromatic N) is 2. The van der Waals surface area contributed by atoms with Gasteiger partial charge >= 0.3 is 0 Å². The molecule has 1 aliphatic heterocycles. The maximum absolute atomic E-state index is 13.0. The van der Waals surface area contributed by atoms with Crippen molar-refractivity contribution in [1.82, 2.24) is 9.47 Å². The average Bonchev–Trinajstić information content (AvgIpc) is 3.15. The van der Waals surface area contributed by atoms with Crippen LogP contribution in [0.4, 0.5) is 4.79 Å². The molecule has 0 aliphatic carbocycles. The number of aromatic nitrogens is 1. The molecular weight excluding hydrogens is 451 g/mol. The Morgan fingerprint density at radius 3 is 2.48 bits per heavy atom. The van der Waals surface area contributed by atoms with Gasteiger partial charge < -0.3 is 4.57 Å². The van der Waals surface area contributed by atoms with Gasteiger partial charge in [-0.15, -0.1) is 0 Å². The molecule has 0 saturated carbocycles. The van der Waals surface area contributed by atoms with Crippen molar-refractivity contribution in [3.05, 3.63) is 91.6 Å². The normalized spacial score (nSPS) is 15.4. The van der Waals surface area contributed by atoms with Crippen molar-refractivity contribution in [3.63, 3.8) is 0 Å². The number of rotatable bonds is 4. The summed E-state index contributed by atoms with van der Waals surface area (Å²) in [7, 11) is 0. The van der Waals surface area contributed by atoms with Crippen LogP contribution in [0.2, 0.25) is 10.0 Å². The third-order valence-corrected chi connectivity index (χ3v) is 7.11. The zero-order valence-electron chi connectivity index (χ0n) is 17.3. The van der Waals surface area contributed by atoms with Gasteiger partial charge in [0.25, 0.3) is 11.1 Å². The van der Waals surface area contributed by atoms with E-state index >= 15 is 0 Å². The smallest absolute Gasteiger partial charge is 0.293 e. The second-order valence-electron chi connectivity index (χ2n) is 7.43. The number of benzene rings is 2. The Balaban J connectivity index is 1.67. The summed E-state index contributed by atoms with van der Waals surface area (Å²) in [6, 6.07) is 15.2. The summed E-state index contributed by atoms with van der Waals surface area (Å²) in [5, 5.41) is 0.688. The van der Waals surface area contributed by atoms with E-state index in [0.29, 0.717) is 15.0 Å². The number of carbonyl (C=O) groups excluding carboxylic acids is 2. The molecule has 4 rings (SSSR count). The molecule has 3 aromatic rings. The van der Waals surface area contributed by atoms with Crippen LogP contribution in [0.15, 0.2) is 53.4 Å². The lowest BCUT2D eigenvalue weighted by molar-refractivity contribution is -0.123.